The maximum atomic E-state index is 5.47. The van der Waals surface area contributed by atoms with E-state index < -0.39 is 0 Å². The fraction of sp³-hybridized carbons (Fsp3) is 0.692. The van der Waals surface area contributed by atoms with Gasteiger partial charge in [-0.2, -0.15) is 9.97 Å². The van der Waals surface area contributed by atoms with E-state index in [0.717, 1.165) is 39.0 Å². The smallest absolute Gasteiger partial charge is 0.229 e. The monoisotopic (exact) mass is 269 g/mol. The molecule has 0 aliphatic carbocycles. The first-order valence-electron chi connectivity index (χ1n) is 6.58. The van der Waals surface area contributed by atoms with E-state index in [1.807, 2.05) is 0 Å². The molecule has 6 nitrogen and oxygen atoms in total. The molecule has 0 aliphatic heterocycles. The van der Waals surface area contributed by atoms with Crippen molar-refractivity contribution in [1.29, 1.82) is 0 Å². The average Bonchev–Trinajstić information content (AvgIpc) is 2.45. The summed E-state index contributed by atoms with van der Waals surface area (Å²) in [5.41, 5.74) is 0. The summed E-state index contributed by atoms with van der Waals surface area (Å²) in [5.74, 6) is 1.46. The van der Waals surface area contributed by atoms with E-state index in [2.05, 4.69) is 22.2 Å². The fourth-order valence-corrected chi connectivity index (χ4v) is 1.42. The second-order valence-electron chi connectivity index (χ2n) is 4.02. The minimum atomic E-state index is 0.480. The van der Waals surface area contributed by atoms with Gasteiger partial charge >= 0.3 is 0 Å². The first-order chi connectivity index (χ1) is 9.30. The molecule has 1 heterocycles. The van der Waals surface area contributed by atoms with Gasteiger partial charge in [-0.05, 0) is 12.8 Å². The SMILES string of the molecule is CCCCOCCCNc1nc(OC)cc(OC)n1. The molecule has 0 aromatic carbocycles. The first-order valence-corrected chi connectivity index (χ1v) is 6.58. The van der Waals surface area contributed by atoms with Crippen LogP contribution in [0.2, 0.25) is 0 Å². The van der Waals surface area contributed by atoms with Crippen molar-refractivity contribution in [1.82, 2.24) is 9.97 Å². The molecule has 0 atom stereocenters. The fourth-order valence-electron chi connectivity index (χ4n) is 1.42. The normalized spacial score (nSPS) is 10.3. The Balaban J connectivity index is 2.28. The maximum absolute atomic E-state index is 5.47. The Bertz CT molecular complexity index is 339. The van der Waals surface area contributed by atoms with Gasteiger partial charge in [0, 0.05) is 19.8 Å². The van der Waals surface area contributed by atoms with Crippen molar-refractivity contribution in [3.8, 4) is 11.8 Å². The van der Waals surface area contributed by atoms with Gasteiger partial charge in [0.25, 0.3) is 0 Å². The van der Waals surface area contributed by atoms with E-state index in [1.165, 1.54) is 0 Å². The van der Waals surface area contributed by atoms with Crippen LogP contribution in [0.3, 0.4) is 0 Å². The molecule has 0 saturated carbocycles. The van der Waals surface area contributed by atoms with Gasteiger partial charge in [-0.1, -0.05) is 13.3 Å². The Morgan fingerprint density at radius 3 is 2.26 bits per heavy atom. The third kappa shape index (κ3) is 6.24. The first kappa shape index (κ1) is 15.5. The highest BCUT2D eigenvalue weighted by Gasteiger charge is 2.04. The summed E-state index contributed by atoms with van der Waals surface area (Å²) >= 11 is 0. The Hall–Kier alpha value is -1.56. The van der Waals surface area contributed by atoms with Gasteiger partial charge in [-0.15, -0.1) is 0 Å². The topological polar surface area (TPSA) is 65.5 Å². The summed E-state index contributed by atoms with van der Waals surface area (Å²) in [5, 5.41) is 3.12. The lowest BCUT2D eigenvalue weighted by Gasteiger charge is -2.08. The molecular formula is C13H23N3O3. The minimum absolute atomic E-state index is 0.480. The summed E-state index contributed by atoms with van der Waals surface area (Å²) < 4.78 is 15.6. The van der Waals surface area contributed by atoms with Crippen molar-refractivity contribution >= 4 is 5.95 Å². The van der Waals surface area contributed by atoms with Gasteiger partial charge in [-0.3, -0.25) is 0 Å². The molecule has 0 bridgehead atoms. The number of methoxy groups -OCH3 is 2. The summed E-state index contributed by atoms with van der Waals surface area (Å²) in [6.07, 6.45) is 3.19. The van der Waals surface area contributed by atoms with Gasteiger partial charge in [0.1, 0.15) is 0 Å². The Labute approximate surface area is 114 Å². The molecule has 108 valence electrons. The predicted octanol–water partition coefficient (Wildman–Crippen LogP) is 2.11. The number of hydrogen-bond acceptors (Lipinski definition) is 6. The van der Waals surface area contributed by atoms with E-state index in [0.29, 0.717) is 17.7 Å². The van der Waals surface area contributed by atoms with E-state index in [4.69, 9.17) is 14.2 Å². The lowest BCUT2D eigenvalue weighted by molar-refractivity contribution is 0.131. The van der Waals surface area contributed by atoms with Crippen LogP contribution in [-0.2, 0) is 4.74 Å². The predicted molar refractivity (Wildman–Crippen MR) is 74.0 cm³/mol. The van der Waals surface area contributed by atoms with Crippen molar-refractivity contribution in [3.63, 3.8) is 0 Å². The van der Waals surface area contributed by atoms with Crippen LogP contribution in [0.1, 0.15) is 26.2 Å². The van der Waals surface area contributed by atoms with Crippen molar-refractivity contribution in [2.45, 2.75) is 26.2 Å². The van der Waals surface area contributed by atoms with Crippen LogP contribution < -0.4 is 14.8 Å². The molecule has 0 aliphatic rings. The molecule has 0 radical (unpaired) electrons. The molecule has 0 unspecified atom stereocenters. The van der Waals surface area contributed by atoms with Gasteiger partial charge in [0.15, 0.2) is 0 Å². The zero-order chi connectivity index (χ0) is 13.9. The number of ether oxygens (including phenoxy) is 3. The highest BCUT2D eigenvalue weighted by molar-refractivity contribution is 5.33. The third-order valence-electron chi connectivity index (χ3n) is 2.49. The van der Waals surface area contributed by atoms with Crippen molar-refractivity contribution in [2.75, 3.05) is 39.3 Å². The number of hydrogen-bond donors (Lipinski definition) is 1. The molecule has 1 aromatic heterocycles. The second-order valence-corrected chi connectivity index (χ2v) is 4.02. The lowest BCUT2D eigenvalue weighted by atomic mass is 10.4. The highest BCUT2D eigenvalue weighted by atomic mass is 16.5. The number of nitrogens with zero attached hydrogens (tertiary/aromatic N) is 2. The molecule has 1 rings (SSSR count). The second kappa shape index (κ2) is 9.38. The van der Waals surface area contributed by atoms with Gasteiger partial charge in [0.2, 0.25) is 17.7 Å². The largest absolute Gasteiger partial charge is 0.481 e. The molecule has 0 saturated heterocycles. The van der Waals surface area contributed by atoms with Crippen LogP contribution in [0.5, 0.6) is 11.8 Å². The van der Waals surface area contributed by atoms with Crippen LogP contribution in [-0.4, -0.2) is 43.9 Å². The number of aromatic nitrogens is 2. The van der Waals surface area contributed by atoms with Gasteiger partial charge in [-0.25, -0.2) is 0 Å². The number of unbranched alkanes of at least 4 members (excludes halogenated alkanes) is 1. The van der Waals surface area contributed by atoms with Gasteiger partial charge in [0.05, 0.1) is 20.3 Å². The molecule has 6 heteroatoms. The van der Waals surface area contributed by atoms with Crippen LogP contribution in [0, 0.1) is 0 Å². The molecule has 0 spiro atoms. The van der Waals surface area contributed by atoms with Crippen LogP contribution >= 0.6 is 0 Å². The van der Waals surface area contributed by atoms with Gasteiger partial charge < -0.3 is 19.5 Å². The lowest BCUT2D eigenvalue weighted by Crippen LogP contribution is -2.09. The summed E-state index contributed by atoms with van der Waals surface area (Å²) in [6.45, 7) is 4.48. The van der Waals surface area contributed by atoms with Crippen LogP contribution in [0.4, 0.5) is 5.95 Å². The molecule has 1 aromatic rings. The summed E-state index contributed by atoms with van der Waals surface area (Å²) in [6, 6.07) is 1.64. The van der Waals surface area contributed by atoms with E-state index in [-0.39, 0.29) is 0 Å². The van der Waals surface area contributed by atoms with Crippen LogP contribution in [0.25, 0.3) is 0 Å². The highest BCUT2D eigenvalue weighted by Crippen LogP contribution is 2.16. The van der Waals surface area contributed by atoms with Crippen molar-refractivity contribution < 1.29 is 14.2 Å². The van der Waals surface area contributed by atoms with Crippen molar-refractivity contribution in [2.24, 2.45) is 0 Å². The standard InChI is InChI=1S/C13H23N3O3/c1-4-5-8-19-9-6-7-14-13-15-11(17-2)10-12(16-13)18-3/h10H,4-9H2,1-3H3,(H,14,15,16). The summed E-state index contributed by atoms with van der Waals surface area (Å²) in [7, 11) is 3.13. The number of anilines is 1. The molecule has 0 amide bonds. The maximum Gasteiger partial charge on any atom is 0.229 e. The number of rotatable bonds is 10. The zero-order valence-electron chi connectivity index (χ0n) is 11.9. The molecule has 1 N–H and O–H groups in total. The number of nitrogens with one attached hydrogen (secondary N) is 1. The minimum Gasteiger partial charge on any atom is -0.481 e. The van der Waals surface area contributed by atoms with E-state index >= 15 is 0 Å². The van der Waals surface area contributed by atoms with E-state index in [9.17, 15) is 0 Å². The Kier molecular flexibility index (Phi) is 7.65. The van der Waals surface area contributed by atoms with E-state index in [1.54, 1.807) is 20.3 Å². The molecule has 0 fully saturated rings. The molecule has 19 heavy (non-hydrogen) atoms. The molecular weight excluding hydrogens is 246 g/mol. The zero-order valence-corrected chi connectivity index (χ0v) is 11.9. The quantitative estimate of drug-likeness (QED) is 0.656. The third-order valence-corrected chi connectivity index (χ3v) is 2.49. The summed E-state index contributed by atoms with van der Waals surface area (Å²) in [4.78, 5) is 8.36. The van der Waals surface area contributed by atoms with Crippen LogP contribution in [0.15, 0.2) is 6.07 Å². The Morgan fingerprint density at radius 2 is 1.68 bits per heavy atom. The Morgan fingerprint density at radius 1 is 1.05 bits per heavy atom. The average molecular weight is 269 g/mol. The van der Waals surface area contributed by atoms with Crippen molar-refractivity contribution in [3.05, 3.63) is 6.07 Å².